The Labute approximate surface area is 120 Å². The van der Waals surface area contributed by atoms with Crippen LogP contribution in [0, 0.1) is 5.92 Å². The van der Waals surface area contributed by atoms with Crippen LogP contribution in [0.4, 0.5) is 4.79 Å². The van der Waals surface area contributed by atoms with Crippen molar-refractivity contribution in [2.24, 2.45) is 5.92 Å². The number of rotatable bonds is 4. The van der Waals surface area contributed by atoms with Crippen LogP contribution in [0.2, 0.25) is 0 Å². The highest BCUT2D eigenvalue weighted by atomic mass is 16.4. The summed E-state index contributed by atoms with van der Waals surface area (Å²) in [5, 5.41) is 11.6. The van der Waals surface area contributed by atoms with Gasteiger partial charge in [-0.15, -0.1) is 0 Å². The molecule has 6 nitrogen and oxygen atoms in total. The zero-order valence-electron chi connectivity index (χ0n) is 12.2. The standard InChI is InChI=1S/C14H25N3O3/c1-11(13(18)19)5-6-15-14(20)17-9-8-16-7-3-2-4-12(16)10-17/h11-12H,2-10H2,1H3,(H,15,20)(H,18,19). The van der Waals surface area contributed by atoms with Gasteiger partial charge in [0.1, 0.15) is 0 Å². The van der Waals surface area contributed by atoms with Gasteiger partial charge >= 0.3 is 12.0 Å². The maximum Gasteiger partial charge on any atom is 0.317 e. The first-order valence-corrected chi connectivity index (χ1v) is 7.57. The molecule has 6 heteroatoms. The van der Waals surface area contributed by atoms with E-state index in [9.17, 15) is 9.59 Å². The van der Waals surface area contributed by atoms with Crippen LogP contribution in [-0.2, 0) is 4.79 Å². The normalized spacial score (nSPS) is 24.9. The molecule has 2 atom stereocenters. The fourth-order valence-corrected chi connectivity index (χ4v) is 2.97. The van der Waals surface area contributed by atoms with Gasteiger partial charge in [0.25, 0.3) is 0 Å². The van der Waals surface area contributed by atoms with Crippen LogP contribution in [0.3, 0.4) is 0 Å². The summed E-state index contributed by atoms with van der Waals surface area (Å²) in [5.74, 6) is -1.22. The van der Waals surface area contributed by atoms with Crippen molar-refractivity contribution >= 4 is 12.0 Å². The first-order valence-electron chi connectivity index (χ1n) is 7.57. The molecule has 2 rings (SSSR count). The predicted octanol–water partition coefficient (Wildman–Crippen LogP) is 0.977. The number of carbonyl (C=O) groups is 2. The number of carbonyl (C=O) groups excluding carboxylic acids is 1. The van der Waals surface area contributed by atoms with E-state index in [4.69, 9.17) is 5.11 Å². The number of hydrogen-bond acceptors (Lipinski definition) is 3. The molecule has 0 radical (unpaired) electrons. The van der Waals surface area contributed by atoms with Crippen LogP contribution in [0.1, 0.15) is 32.6 Å². The summed E-state index contributed by atoms with van der Waals surface area (Å²) in [6.07, 6.45) is 4.19. The van der Waals surface area contributed by atoms with Gasteiger partial charge in [0.2, 0.25) is 0 Å². The number of piperidine rings is 1. The Hall–Kier alpha value is -1.30. The van der Waals surface area contributed by atoms with Gasteiger partial charge < -0.3 is 15.3 Å². The molecule has 0 bridgehead atoms. The van der Waals surface area contributed by atoms with E-state index in [-0.39, 0.29) is 6.03 Å². The lowest BCUT2D eigenvalue weighted by Gasteiger charge is -2.43. The van der Waals surface area contributed by atoms with Crippen molar-refractivity contribution in [3.63, 3.8) is 0 Å². The summed E-state index contributed by atoms with van der Waals surface area (Å²) >= 11 is 0. The molecule has 2 amide bonds. The van der Waals surface area contributed by atoms with Crippen molar-refractivity contribution in [1.82, 2.24) is 15.1 Å². The Balaban J connectivity index is 1.71. The minimum absolute atomic E-state index is 0.0483. The lowest BCUT2D eigenvalue weighted by molar-refractivity contribution is -0.141. The monoisotopic (exact) mass is 283 g/mol. The second-order valence-corrected chi connectivity index (χ2v) is 5.89. The average molecular weight is 283 g/mol. The molecule has 0 aromatic heterocycles. The number of hydrogen-bond donors (Lipinski definition) is 2. The molecule has 2 N–H and O–H groups in total. The Morgan fingerprint density at radius 1 is 1.30 bits per heavy atom. The van der Waals surface area contributed by atoms with Gasteiger partial charge in [0.15, 0.2) is 0 Å². The topological polar surface area (TPSA) is 72.9 Å². The van der Waals surface area contributed by atoms with E-state index >= 15 is 0 Å². The molecule has 0 aliphatic carbocycles. The lowest BCUT2D eigenvalue weighted by atomic mass is 10.00. The molecule has 0 spiro atoms. The van der Waals surface area contributed by atoms with Gasteiger partial charge in [-0.2, -0.15) is 0 Å². The van der Waals surface area contributed by atoms with Crippen LogP contribution in [0.25, 0.3) is 0 Å². The molecule has 2 fully saturated rings. The zero-order chi connectivity index (χ0) is 14.5. The Bertz CT molecular complexity index is 362. The summed E-state index contributed by atoms with van der Waals surface area (Å²) in [7, 11) is 0. The van der Waals surface area contributed by atoms with E-state index in [1.807, 2.05) is 4.90 Å². The van der Waals surface area contributed by atoms with Gasteiger partial charge in [-0.05, 0) is 25.8 Å². The minimum Gasteiger partial charge on any atom is -0.481 e. The fraction of sp³-hybridized carbons (Fsp3) is 0.857. The molecule has 114 valence electrons. The number of nitrogens with zero attached hydrogens (tertiary/aromatic N) is 2. The highest BCUT2D eigenvalue weighted by Crippen LogP contribution is 2.20. The molecular weight excluding hydrogens is 258 g/mol. The molecule has 2 saturated heterocycles. The zero-order valence-corrected chi connectivity index (χ0v) is 12.2. The van der Waals surface area contributed by atoms with Crippen molar-refractivity contribution < 1.29 is 14.7 Å². The van der Waals surface area contributed by atoms with Gasteiger partial charge in [-0.25, -0.2) is 4.79 Å². The highest BCUT2D eigenvalue weighted by molar-refractivity contribution is 5.74. The number of piperazine rings is 1. The Morgan fingerprint density at radius 3 is 2.85 bits per heavy atom. The third-order valence-electron chi connectivity index (χ3n) is 4.40. The second-order valence-electron chi connectivity index (χ2n) is 5.89. The lowest BCUT2D eigenvalue weighted by Crippen LogP contribution is -2.58. The number of carboxylic acids is 1. The quantitative estimate of drug-likeness (QED) is 0.806. The molecular formula is C14H25N3O3. The largest absolute Gasteiger partial charge is 0.481 e. The number of aliphatic carboxylic acids is 1. The van der Waals surface area contributed by atoms with Crippen molar-refractivity contribution in [1.29, 1.82) is 0 Å². The van der Waals surface area contributed by atoms with Crippen LogP contribution in [0.5, 0.6) is 0 Å². The number of carboxylic acid groups (broad SMARTS) is 1. The molecule has 2 aliphatic heterocycles. The molecule has 0 aromatic rings. The maximum atomic E-state index is 12.1. The second kappa shape index (κ2) is 6.92. The maximum absolute atomic E-state index is 12.1. The van der Waals surface area contributed by atoms with Crippen LogP contribution in [0.15, 0.2) is 0 Å². The summed E-state index contributed by atoms with van der Waals surface area (Å²) in [5.41, 5.74) is 0. The van der Waals surface area contributed by atoms with E-state index in [2.05, 4.69) is 10.2 Å². The van der Waals surface area contributed by atoms with Crippen LogP contribution < -0.4 is 5.32 Å². The van der Waals surface area contributed by atoms with Gasteiger partial charge in [-0.1, -0.05) is 13.3 Å². The summed E-state index contributed by atoms with van der Waals surface area (Å²) in [6.45, 7) is 5.80. The van der Waals surface area contributed by atoms with E-state index < -0.39 is 11.9 Å². The van der Waals surface area contributed by atoms with Gasteiger partial charge in [0, 0.05) is 32.2 Å². The van der Waals surface area contributed by atoms with E-state index in [0.29, 0.717) is 19.0 Å². The highest BCUT2D eigenvalue weighted by Gasteiger charge is 2.30. The van der Waals surface area contributed by atoms with E-state index in [1.54, 1.807) is 6.92 Å². The van der Waals surface area contributed by atoms with Crippen molar-refractivity contribution in [3.05, 3.63) is 0 Å². The van der Waals surface area contributed by atoms with Gasteiger partial charge in [0.05, 0.1) is 5.92 Å². The van der Waals surface area contributed by atoms with E-state index in [1.165, 1.54) is 19.3 Å². The molecule has 2 unspecified atom stereocenters. The van der Waals surface area contributed by atoms with Crippen LogP contribution in [-0.4, -0.2) is 65.7 Å². The summed E-state index contributed by atoms with van der Waals surface area (Å²) in [4.78, 5) is 27.1. The third-order valence-corrected chi connectivity index (χ3v) is 4.40. The fourth-order valence-electron chi connectivity index (χ4n) is 2.97. The molecule has 0 aromatic carbocycles. The molecule has 2 heterocycles. The summed E-state index contributed by atoms with van der Waals surface area (Å²) < 4.78 is 0. The number of fused-ring (bicyclic) bond motifs is 1. The summed E-state index contributed by atoms with van der Waals surface area (Å²) in [6, 6.07) is 0.467. The first kappa shape index (κ1) is 15.1. The average Bonchev–Trinajstić information content (AvgIpc) is 2.46. The first-order chi connectivity index (χ1) is 9.58. The van der Waals surface area contributed by atoms with Crippen molar-refractivity contribution in [2.45, 2.75) is 38.6 Å². The van der Waals surface area contributed by atoms with Crippen LogP contribution >= 0.6 is 0 Å². The predicted molar refractivity (Wildman–Crippen MR) is 75.6 cm³/mol. The Kier molecular flexibility index (Phi) is 5.23. The van der Waals surface area contributed by atoms with Crippen molar-refractivity contribution in [2.75, 3.05) is 32.7 Å². The smallest absolute Gasteiger partial charge is 0.317 e. The Morgan fingerprint density at radius 2 is 2.10 bits per heavy atom. The van der Waals surface area contributed by atoms with Crippen molar-refractivity contribution in [3.8, 4) is 0 Å². The number of amides is 2. The third kappa shape index (κ3) is 3.85. The van der Waals surface area contributed by atoms with Gasteiger partial charge in [-0.3, -0.25) is 9.69 Å². The molecule has 20 heavy (non-hydrogen) atoms. The minimum atomic E-state index is -0.810. The van der Waals surface area contributed by atoms with E-state index in [0.717, 1.165) is 26.2 Å². The number of urea groups is 1. The molecule has 2 aliphatic rings. The molecule has 0 saturated carbocycles. The SMILES string of the molecule is CC(CCNC(=O)N1CCN2CCCCC2C1)C(=O)O. The number of nitrogens with one attached hydrogen (secondary N) is 1.